The summed E-state index contributed by atoms with van der Waals surface area (Å²) in [6.45, 7) is 1.57. The van der Waals surface area contributed by atoms with Gasteiger partial charge in [-0.15, -0.1) is 0 Å². The van der Waals surface area contributed by atoms with E-state index in [4.69, 9.17) is 21.1 Å². The number of carbonyl (C=O) groups is 2. The van der Waals surface area contributed by atoms with E-state index in [9.17, 15) is 14.0 Å². The fourth-order valence-electron chi connectivity index (χ4n) is 3.31. The predicted molar refractivity (Wildman–Crippen MR) is 95.2 cm³/mol. The van der Waals surface area contributed by atoms with Crippen LogP contribution in [0.4, 0.5) is 9.18 Å². The number of halogens is 2. The van der Waals surface area contributed by atoms with Gasteiger partial charge in [-0.2, -0.15) is 0 Å². The van der Waals surface area contributed by atoms with Crippen LogP contribution in [0.5, 0.6) is 11.5 Å². The Morgan fingerprint density at radius 1 is 1.22 bits per heavy atom. The molecule has 0 spiro atoms. The Hall–Kier alpha value is -2.80. The topological polar surface area (TPSA) is 67.9 Å². The zero-order chi connectivity index (χ0) is 19.2. The lowest BCUT2D eigenvalue weighted by molar-refractivity contribution is -0.131. The molecule has 1 saturated heterocycles. The molecule has 1 atom stereocenters. The summed E-state index contributed by atoms with van der Waals surface area (Å²) in [4.78, 5) is 26.3. The summed E-state index contributed by atoms with van der Waals surface area (Å²) in [5, 5.41) is 2.87. The van der Waals surface area contributed by atoms with Gasteiger partial charge >= 0.3 is 6.03 Å². The first kappa shape index (κ1) is 17.6. The lowest BCUT2D eigenvalue weighted by Gasteiger charge is -2.22. The maximum atomic E-state index is 14.0. The Balaban J connectivity index is 1.56. The van der Waals surface area contributed by atoms with Crippen LogP contribution in [0.25, 0.3) is 0 Å². The number of hydrogen-bond acceptors (Lipinski definition) is 4. The molecule has 140 valence electrons. The Labute approximate surface area is 159 Å². The van der Waals surface area contributed by atoms with Crippen molar-refractivity contribution in [1.29, 1.82) is 0 Å². The monoisotopic (exact) mass is 390 g/mol. The number of amides is 3. The molecule has 2 aliphatic heterocycles. The van der Waals surface area contributed by atoms with Crippen molar-refractivity contribution in [3.05, 3.63) is 58.4 Å². The summed E-state index contributed by atoms with van der Waals surface area (Å²) < 4.78 is 24.7. The first-order valence-corrected chi connectivity index (χ1v) is 8.71. The normalized spacial score (nSPS) is 20.9. The summed E-state index contributed by atoms with van der Waals surface area (Å²) >= 11 is 6.02. The Morgan fingerprint density at radius 3 is 2.78 bits per heavy atom. The van der Waals surface area contributed by atoms with Gasteiger partial charge in [0.1, 0.15) is 11.4 Å². The first-order valence-electron chi connectivity index (χ1n) is 8.33. The number of carbonyl (C=O) groups excluding carboxylic acids is 2. The van der Waals surface area contributed by atoms with Gasteiger partial charge in [-0.05, 0) is 36.8 Å². The summed E-state index contributed by atoms with van der Waals surface area (Å²) in [6, 6.07) is 9.01. The van der Waals surface area contributed by atoms with Crippen molar-refractivity contribution < 1.29 is 23.5 Å². The number of urea groups is 1. The number of hydrogen-bond donors (Lipinski definition) is 1. The third-order valence-corrected chi connectivity index (χ3v) is 5.07. The number of nitrogens with zero attached hydrogens (tertiary/aromatic N) is 1. The fourth-order valence-corrected chi connectivity index (χ4v) is 3.53. The third kappa shape index (κ3) is 3.08. The molecule has 4 rings (SSSR count). The highest BCUT2D eigenvalue weighted by Gasteiger charge is 2.48. The molecule has 0 bridgehead atoms. The number of imide groups is 1. The van der Waals surface area contributed by atoms with Crippen molar-refractivity contribution in [3.63, 3.8) is 0 Å². The molecule has 6 nitrogen and oxygen atoms in total. The van der Waals surface area contributed by atoms with Crippen LogP contribution in [-0.4, -0.2) is 29.2 Å². The summed E-state index contributed by atoms with van der Waals surface area (Å²) in [5.74, 6) is 0.237. The van der Waals surface area contributed by atoms with Crippen molar-refractivity contribution in [2.24, 2.45) is 0 Å². The smallest absolute Gasteiger partial charge is 0.325 e. The maximum absolute atomic E-state index is 14.0. The highest BCUT2D eigenvalue weighted by atomic mass is 35.5. The zero-order valence-corrected chi connectivity index (χ0v) is 15.2. The van der Waals surface area contributed by atoms with Gasteiger partial charge in [0.05, 0.1) is 6.54 Å². The molecule has 3 amide bonds. The minimum absolute atomic E-state index is 0.106. The van der Waals surface area contributed by atoms with Crippen LogP contribution in [-0.2, 0) is 17.8 Å². The van der Waals surface area contributed by atoms with E-state index >= 15 is 0 Å². The van der Waals surface area contributed by atoms with E-state index in [2.05, 4.69) is 5.32 Å². The van der Waals surface area contributed by atoms with Gasteiger partial charge in [0.15, 0.2) is 11.5 Å². The van der Waals surface area contributed by atoms with Crippen molar-refractivity contribution in [1.82, 2.24) is 10.2 Å². The first-order chi connectivity index (χ1) is 12.9. The molecule has 1 N–H and O–H groups in total. The van der Waals surface area contributed by atoms with Crippen molar-refractivity contribution >= 4 is 23.5 Å². The molecule has 27 heavy (non-hydrogen) atoms. The second-order valence-electron chi connectivity index (χ2n) is 6.72. The molecule has 2 aromatic rings. The lowest BCUT2D eigenvalue weighted by Crippen LogP contribution is -2.45. The molecule has 8 heteroatoms. The van der Waals surface area contributed by atoms with E-state index < -0.39 is 23.3 Å². The van der Waals surface area contributed by atoms with Crippen LogP contribution in [0.1, 0.15) is 18.1 Å². The second-order valence-corrected chi connectivity index (χ2v) is 7.13. The quantitative estimate of drug-likeness (QED) is 0.814. The molecule has 1 fully saturated rings. The highest BCUT2D eigenvalue weighted by Crippen LogP contribution is 2.34. The molecule has 0 aromatic heterocycles. The highest BCUT2D eigenvalue weighted by molar-refractivity contribution is 6.31. The van der Waals surface area contributed by atoms with E-state index in [0.717, 1.165) is 10.5 Å². The van der Waals surface area contributed by atoms with E-state index in [0.29, 0.717) is 11.5 Å². The number of benzene rings is 2. The van der Waals surface area contributed by atoms with Crippen molar-refractivity contribution in [2.75, 3.05) is 6.79 Å². The van der Waals surface area contributed by atoms with E-state index in [-0.39, 0.29) is 30.3 Å². The minimum atomic E-state index is -1.15. The molecule has 1 unspecified atom stereocenters. The van der Waals surface area contributed by atoms with Crippen LogP contribution in [0.15, 0.2) is 36.4 Å². The van der Waals surface area contributed by atoms with Gasteiger partial charge in [-0.25, -0.2) is 9.18 Å². The SMILES string of the molecule is CC1(Cc2ccc3c(c2)OCO3)NC(=O)N(Cc2c(F)cccc2Cl)C1=O. The van der Waals surface area contributed by atoms with Crippen molar-refractivity contribution in [2.45, 2.75) is 25.4 Å². The molecule has 0 radical (unpaired) electrons. The van der Waals surface area contributed by atoms with Crippen molar-refractivity contribution in [3.8, 4) is 11.5 Å². The molecule has 0 aliphatic carbocycles. The average molecular weight is 391 g/mol. The molecular formula is C19H16ClFN2O4. The molecule has 0 saturated carbocycles. The van der Waals surface area contributed by atoms with E-state index in [1.807, 2.05) is 6.07 Å². The Bertz CT molecular complexity index is 931. The van der Waals surface area contributed by atoms with E-state index in [1.165, 1.54) is 18.2 Å². The molecule has 2 aliphatic rings. The van der Waals surface area contributed by atoms with Gasteiger partial charge in [-0.3, -0.25) is 9.69 Å². The van der Waals surface area contributed by atoms with Crippen LogP contribution >= 0.6 is 11.6 Å². The number of fused-ring (bicyclic) bond motifs is 1. The number of nitrogens with one attached hydrogen (secondary N) is 1. The molecular weight excluding hydrogens is 375 g/mol. The summed E-state index contributed by atoms with van der Waals surface area (Å²) in [6.07, 6.45) is 0.260. The van der Waals surface area contributed by atoms with Gasteiger partial charge < -0.3 is 14.8 Å². The number of ether oxygens (including phenoxy) is 2. The molecule has 2 aromatic carbocycles. The van der Waals surface area contributed by atoms with Gasteiger partial charge in [0.25, 0.3) is 5.91 Å². The van der Waals surface area contributed by atoms with Gasteiger partial charge in [0, 0.05) is 17.0 Å². The van der Waals surface area contributed by atoms with Crippen LogP contribution in [0.3, 0.4) is 0 Å². The fraction of sp³-hybridized carbons (Fsp3) is 0.263. The summed E-state index contributed by atoms with van der Waals surface area (Å²) in [5.41, 5.74) is -0.237. The van der Waals surface area contributed by atoms with Gasteiger partial charge in [0.2, 0.25) is 6.79 Å². The van der Waals surface area contributed by atoms with Gasteiger partial charge in [-0.1, -0.05) is 23.7 Å². The largest absolute Gasteiger partial charge is 0.454 e. The molecule has 2 heterocycles. The average Bonchev–Trinajstić information content (AvgIpc) is 3.15. The maximum Gasteiger partial charge on any atom is 0.325 e. The zero-order valence-electron chi connectivity index (χ0n) is 14.4. The summed E-state index contributed by atoms with van der Waals surface area (Å²) in [7, 11) is 0. The Kier molecular flexibility index (Phi) is 4.19. The van der Waals surface area contributed by atoms with Crippen LogP contribution in [0, 0.1) is 5.82 Å². The number of rotatable bonds is 4. The lowest BCUT2D eigenvalue weighted by atomic mass is 9.92. The van der Waals surface area contributed by atoms with Crippen LogP contribution in [0.2, 0.25) is 5.02 Å². The van der Waals surface area contributed by atoms with E-state index in [1.54, 1.807) is 19.1 Å². The Morgan fingerprint density at radius 2 is 2.00 bits per heavy atom. The third-order valence-electron chi connectivity index (χ3n) is 4.72. The second kappa shape index (κ2) is 6.42. The standard InChI is InChI=1S/C19H16ClFN2O4/c1-19(8-11-5-6-15-16(7-11)27-10-26-15)17(24)23(18(25)22-19)9-12-13(20)3-2-4-14(12)21/h2-7H,8-10H2,1H3,(H,22,25). The minimum Gasteiger partial charge on any atom is -0.454 e. The van der Waals surface area contributed by atoms with Crippen LogP contribution < -0.4 is 14.8 Å². The predicted octanol–water partition coefficient (Wildman–Crippen LogP) is 3.26.